The quantitative estimate of drug-likeness (QED) is 0.154. The van der Waals surface area contributed by atoms with Crippen LogP contribution in [0.3, 0.4) is 0 Å². The Bertz CT molecular complexity index is 4520. The molecule has 14 aromatic rings. The largest absolute Gasteiger partial charge is 0.135 e. The van der Waals surface area contributed by atoms with E-state index in [1.807, 2.05) is 22.7 Å². The van der Waals surface area contributed by atoms with Crippen LogP contribution in [0.1, 0.15) is 25.0 Å². The molecule has 69 heavy (non-hydrogen) atoms. The smallest absolute Gasteiger partial charge is 0.0433 e. The average molecular weight is 911 g/mol. The van der Waals surface area contributed by atoms with Gasteiger partial charge in [-0.3, -0.25) is 0 Å². The molecule has 0 saturated carbocycles. The van der Waals surface area contributed by atoms with Crippen molar-refractivity contribution in [2.45, 2.75) is 19.3 Å². The summed E-state index contributed by atoms with van der Waals surface area (Å²) in [6.45, 7) is 4.92. The van der Waals surface area contributed by atoms with Gasteiger partial charge in [0, 0.05) is 45.8 Å². The molecule has 0 aliphatic heterocycles. The van der Waals surface area contributed by atoms with E-state index in [9.17, 15) is 0 Å². The van der Waals surface area contributed by atoms with E-state index >= 15 is 0 Å². The highest BCUT2D eigenvalue weighted by Crippen LogP contribution is 2.58. The zero-order chi connectivity index (χ0) is 45.5. The third kappa shape index (κ3) is 5.62. The second kappa shape index (κ2) is 14.6. The van der Waals surface area contributed by atoms with Gasteiger partial charge in [0.1, 0.15) is 0 Å². The van der Waals surface area contributed by atoms with E-state index in [1.54, 1.807) is 0 Å². The van der Waals surface area contributed by atoms with Crippen LogP contribution in [0.4, 0.5) is 0 Å². The van der Waals surface area contributed by atoms with Crippen molar-refractivity contribution in [2.24, 2.45) is 0 Å². The van der Waals surface area contributed by atoms with E-state index in [1.165, 1.54) is 150 Å². The third-order valence-corrected chi connectivity index (χ3v) is 17.8. The SMILES string of the molecule is CC1(C)c2cc(-c3cccc(-c4cccc5c4sc4ccccc45)c3)ccc2-c2c1c1c3ccccc3c3cc(-c4cccc(-c5cccc6c5sc5ccccc56)c4)ccc3c1c1ccccc21. The highest BCUT2D eigenvalue weighted by Gasteiger charge is 2.39. The first kappa shape index (κ1) is 39.1. The molecule has 15 rings (SSSR count). The summed E-state index contributed by atoms with van der Waals surface area (Å²) in [6, 6.07) is 82.3. The first-order valence-electron chi connectivity index (χ1n) is 24.0. The van der Waals surface area contributed by atoms with Crippen LogP contribution in [-0.4, -0.2) is 0 Å². The molecule has 2 heteroatoms. The second-order valence-electron chi connectivity index (χ2n) is 19.5. The average Bonchev–Trinajstić information content (AvgIpc) is 4.06. The van der Waals surface area contributed by atoms with Gasteiger partial charge in [-0.25, -0.2) is 0 Å². The van der Waals surface area contributed by atoms with E-state index < -0.39 is 0 Å². The van der Waals surface area contributed by atoms with E-state index in [0.29, 0.717) is 0 Å². The van der Waals surface area contributed by atoms with E-state index in [2.05, 4.69) is 232 Å². The van der Waals surface area contributed by atoms with Crippen molar-refractivity contribution in [2.75, 3.05) is 0 Å². The number of hydrogen-bond donors (Lipinski definition) is 0. The Morgan fingerprint density at radius 3 is 1.36 bits per heavy atom. The molecule has 0 amide bonds. The molecular weight excluding hydrogens is 869 g/mol. The number of fused-ring (bicyclic) bond motifs is 19. The van der Waals surface area contributed by atoms with Crippen molar-refractivity contribution >= 4 is 106 Å². The van der Waals surface area contributed by atoms with Crippen LogP contribution in [0.2, 0.25) is 0 Å². The molecule has 0 radical (unpaired) electrons. The standard InChI is InChI=1S/C67H42S2/c1-67(2)58-38-42(40-16-12-18-44(36-40)46-26-14-28-55-49-21-8-10-30-60(49)69-66(46)55)32-34-56(58)62-52-24-6-5-23-51(52)61-53-33-31-41(37-57(53)47-19-3-4-22-50(47)63(61)64(62)67)39-15-11-17-43(35-39)45-25-13-27-54-48-20-7-9-29-59(48)68-65(45)54/h3-38H,1-2H3. The second-order valence-corrected chi connectivity index (χ2v) is 21.6. The molecule has 0 unspecified atom stereocenters. The fraction of sp³-hybridized carbons (Fsp3) is 0.0448. The van der Waals surface area contributed by atoms with E-state index in [4.69, 9.17) is 0 Å². The Labute approximate surface area is 408 Å². The Balaban J connectivity index is 0.895. The van der Waals surface area contributed by atoms with E-state index in [0.717, 1.165) is 0 Å². The lowest BCUT2D eigenvalue weighted by Crippen LogP contribution is -2.16. The summed E-state index contributed by atoms with van der Waals surface area (Å²) in [5, 5.41) is 15.9. The molecule has 12 aromatic carbocycles. The van der Waals surface area contributed by atoms with E-state index in [-0.39, 0.29) is 5.41 Å². The molecule has 0 spiro atoms. The minimum atomic E-state index is -0.267. The van der Waals surface area contributed by atoms with Gasteiger partial charge in [-0.2, -0.15) is 0 Å². The third-order valence-electron chi connectivity index (χ3n) is 15.4. The van der Waals surface area contributed by atoms with Gasteiger partial charge in [0.05, 0.1) is 0 Å². The maximum atomic E-state index is 2.50. The van der Waals surface area contributed by atoms with Crippen LogP contribution in [0.15, 0.2) is 218 Å². The maximum absolute atomic E-state index is 2.50. The fourth-order valence-corrected chi connectivity index (χ4v) is 14.7. The van der Waals surface area contributed by atoms with Gasteiger partial charge in [0.15, 0.2) is 0 Å². The highest BCUT2D eigenvalue weighted by atomic mass is 32.1. The molecule has 2 heterocycles. The van der Waals surface area contributed by atoms with Crippen LogP contribution in [0, 0.1) is 0 Å². The molecule has 0 nitrogen and oxygen atoms in total. The van der Waals surface area contributed by atoms with Crippen LogP contribution in [0.5, 0.6) is 0 Å². The summed E-state index contributed by atoms with van der Waals surface area (Å²) in [4.78, 5) is 0. The van der Waals surface area contributed by atoms with Gasteiger partial charge < -0.3 is 0 Å². The molecule has 0 saturated heterocycles. The van der Waals surface area contributed by atoms with Crippen LogP contribution in [-0.2, 0) is 5.41 Å². The molecule has 0 bridgehead atoms. The minimum Gasteiger partial charge on any atom is -0.135 e. The number of rotatable bonds is 4. The lowest BCUT2D eigenvalue weighted by molar-refractivity contribution is 0.667. The number of thiophene rings is 2. The predicted octanol–water partition coefficient (Wildman–Crippen LogP) is 20.0. The molecule has 0 fully saturated rings. The lowest BCUT2D eigenvalue weighted by Gasteiger charge is -2.26. The summed E-state index contributed by atoms with van der Waals surface area (Å²) in [7, 11) is 0. The monoisotopic (exact) mass is 910 g/mol. The molecule has 1 aliphatic rings. The van der Waals surface area contributed by atoms with Gasteiger partial charge in [0.25, 0.3) is 0 Å². The van der Waals surface area contributed by atoms with Crippen molar-refractivity contribution in [3.63, 3.8) is 0 Å². The number of benzene rings is 12. The maximum Gasteiger partial charge on any atom is 0.0433 e. The van der Waals surface area contributed by atoms with Gasteiger partial charge in [0.2, 0.25) is 0 Å². The van der Waals surface area contributed by atoms with Crippen molar-refractivity contribution < 1.29 is 0 Å². The lowest BCUT2D eigenvalue weighted by atomic mass is 9.76. The van der Waals surface area contributed by atoms with Crippen LogP contribution >= 0.6 is 22.7 Å². The summed E-state index contributed by atoms with van der Waals surface area (Å²) in [5.74, 6) is 0. The molecule has 1 aliphatic carbocycles. The van der Waals surface area contributed by atoms with Gasteiger partial charge >= 0.3 is 0 Å². The van der Waals surface area contributed by atoms with Crippen LogP contribution < -0.4 is 0 Å². The van der Waals surface area contributed by atoms with Crippen molar-refractivity contribution in [3.05, 3.63) is 230 Å². The predicted molar refractivity (Wildman–Crippen MR) is 302 cm³/mol. The first-order valence-corrected chi connectivity index (χ1v) is 25.6. The van der Waals surface area contributed by atoms with Gasteiger partial charge in [-0.15, -0.1) is 22.7 Å². The van der Waals surface area contributed by atoms with Gasteiger partial charge in [-0.1, -0.05) is 196 Å². The normalized spacial score (nSPS) is 13.2. The van der Waals surface area contributed by atoms with Crippen molar-refractivity contribution in [1.82, 2.24) is 0 Å². The zero-order valence-corrected chi connectivity index (χ0v) is 39.7. The molecule has 0 atom stereocenters. The van der Waals surface area contributed by atoms with Crippen molar-refractivity contribution in [1.29, 1.82) is 0 Å². The van der Waals surface area contributed by atoms with Crippen LogP contribution in [0.25, 0.3) is 139 Å². The minimum absolute atomic E-state index is 0.267. The molecule has 322 valence electrons. The molecule has 2 aromatic heterocycles. The fourth-order valence-electron chi connectivity index (χ4n) is 12.3. The Hall–Kier alpha value is -7.88. The van der Waals surface area contributed by atoms with Crippen molar-refractivity contribution in [3.8, 4) is 55.6 Å². The summed E-state index contributed by atoms with van der Waals surface area (Å²) in [6.07, 6.45) is 0. The zero-order valence-electron chi connectivity index (χ0n) is 38.1. The molecular formula is C67H42S2. The molecule has 0 N–H and O–H groups in total. The Kier molecular flexibility index (Phi) is 8.26. The highest BCUT2D eigenvalue weighted by molar-refractivity contribution is 7.26. The summed E-state index contributed by atoms with van der Waals surface area (Å²) in [5.41, 5.74) is 15.3. The van der Waals surface area contributed by atoms with Gasteiger partial charge in [-0.05, 0) is 146 Å². The summed E-state index contributed by atoms with van der Waals surface area (Å²) < 4.78 is 5.36. The number of hydrogen-bond acceptors (Lipinski definition) is 2. The Morgan fingerprint density at radius 1 is 0.290 bits per heavy atom. The Morgan fingerprint density at radius 2 is 0.739 bits per heavy atom. The summed E-state index contributed by atoms with van der Waals surface area (Å²) >= 11 is 3.79. The first-order chi connectivity index (χ1) is 34.0. The topological polar surface area (TPSA) is 0 Å².